The fourth-order valence-corrected chi connectivity index (χ4v) is 2.62. The molecule has 2 aromatic heterocycles. The van der Waals surface area contributed by atoms with Gasteiger partial charge in [-0.3, -0.25) is 9.97 Å². The van der Waals surface area contributed by atoms with Crippen LogP contribution in [0.15, 0.2) is 71.5 Å². The minimum atomic E-state index is 0.223. The number of aromatic nitrogens is 2. The molecular formula is C18H13BrN2O2. The summed E-state index contributed by atoms with van der Waals surface area (Å²) in [5.74, 6) is 0.484. The van der Waals surface area contributed by atoms with Crippen LogP contribution in [0.2, 0.25) is 0 Å². The number of phenolic OH excluding ortho intramolecular Hbond substituents is 2. The molecule has 0 atom stereocenters. The number of benzene rings is 2. The molecule has 4 aromatic rings. The Balaban J connectivity index is 0.000000136. The molecule has 2 aromatic carbocycles. The Morgan fingerprint density at radius 3 is 2.30 bits per heavy atom. The quantitative estimate of drug-likeness (QED) is 0.474. The summed E-state index contributed by atoms with van der Waals surface area (Å²) < 4.78 is 0.653. The van der Waals surface area contributed by atoms with Gasteiger partial charge in [0.25, 0.3) is 0 Å². The van der Waals surface area contributed by atoms with Crippen LogP contribution in [0, 0.1) is 0 Å². The van der Waals surface area contributed by atoms with Crippen LogP contribution in [-0.4, -0.2) is 20.2 Å². The Bertz CT molecular complexity index is 973. The molecule has 0 aliphatic heterocycles. The first-order valence-corrected chi connectivity index (χ1v) is 7.70. The third kappa shape index (κ3) is 3.40. The number of phenols is 2. The van der Waals surface area contributed by atoms with Gasteiger partial charge in [0.2, 0.25) is 0 Å². The maximum Gasteiger partial charge on any atom is 0.132 e. The molecule has 0 bridgehead atoms. The predicted octanol–water partition coefficient (Wildman–Crippen LogP) is 4.64. The number of hydrogen-bond acceptors (Lipinski definition) is 4. The second kappa shape index (κ2) is 6.62. The van der Waals surface area contributed by atoms with E-state index in [2.05, 4.69) is 25.9 Å². The van der Waals surface area contributed by atoms with Crippen molar-refractivity contribution < 1.29 is 10.2 Å². The van der Waals surface area contributed by atoms with E-state index in [1.807, 2.05) is 36.4 Å². The Morgan fingerprint density at radius 2 is 1.48 bits per heavy atom. The van der Waals surface area contributed by atoms with Gasteiger partial charge in [-0.15, -0.1) is 0 Å². The van der Waals surface area contributed by atoms with Gasteiger partial charge in [0, 0.05) is 29.2 Å². The molecule has 0 saturated heterocycles. The first-order valence-electron chi connectivity index (χ1n) is 6.91. The topological polar surface area (TPSA) is 66.2 Å². The number of nitrogens with zero attached hydrogens (tertiary/aromatic N) is 2. The zero-order chi connectivity index (χ0) is 16.2. The maximum absolute atomic E-state index is 9.33. The lowest BCUT2D eigenvalue weighted by molar-refractivity contribution is 0.472. The second-order valence-electron chi connectivity index (χ2n) is 4.85. The van der Waals surface area contributed by atoms with E-state index in [9.17, 15) is 5.11 Å². The normalized spacial score (nSPS) is 10.3. The number of fused-ring (bicyclic) bond motifs is 2. The van der Waals surface area contributed by atoms with E-state index in [0.29, 0.717) is 4.47 Å². The van der Waals surface area contributed by atoms with Gasteiger partial charge < -0.3 is 10.2 Å². The first kappa shape index (κ1) is 15.2. The molecule has 0 radical (unpaired) electrons. The molecular weight excluding hydrogens is 356 g/mol. The zero-order valence-corrected chi connectivity index (χ0v) is 13.6. The third-order valence-electron chi connectivity index (χ3n) is 3.28. The monoisotopic (exact) mass is 368 g/mol. The molecule has 0 aliphatic carbocycles. The summed E-state index contributed by atoms with van der Waals surface area (Å²) in [7, 11) is 0. The molecule has 114 valence electrons. The molecule has 0 unspecified atom stereocenters. The van der Waals surface area contributed by atoms with E-state index in [0.717, 1.165) is 21.8 Å². The zero-order valence-electron chi connectivity index (χ0n) is 12.0. The molecule has 0 spiro atoms. The number of rotatable bonds is 0. The van der Waals surface area contributed by atoms with Crippen molar-refractivity contribution in [2.24, 2.45) is 0 Å². The van der Waals surface area contributed by atoms with Crippen molar-refractivity contribution in [3.8, 4) is 11.5 Å². The van der Waals surface area contributed by atoms with Crippen molar-refractivity contribution in [1.29, 1.82) is 0 Å². The fraction of sp³-hybridized carbons (Fsp3) is 0. The number of pyridine rings is 2. The summed E-state index contributed by atoms with van der Waals surface area (Å²) in [4.78, 5) is 8.22. The van der Waals surface area contributed by atoms with Crippen molar-refractivity contribution in [3.05, 3.63) is 71.5 Å². The highest BCUT2D eigenvalue weighted by Gasteiger charge is 2.02. The highest BCUT2D eigenvalue weighted by molar-refractivity contribution is 9.10. The van der Waals surface area contributed by atoms with Crippen molar-refractivity contribution in [3.63, 3.8) is 0 Å². The summed E-state index contributed by atoms with van der Waals surface area (Å²) in [5.41, 5.74) is 1.62. The first-order chi connectivity index (χ1) is 11.1. The predicted molar refractivity (Wildman–Crippen MR) is 94.5 cm³/mol. The molecule has 4 rings (SSSR count). The average Bonchev–Trinajstić information content (AvgIpc) is 2.59. The Morgan fingerprint density at radius 1 is 0.783 bits per heavy atom. The SMILES string of the molecule is Oc1ccc2cccnc2c1.Oc1ccc2cccnc2c1Br. The van der Waals surface area contributed by atoms with E-state index in [1.54, 1.807) is 30.6 Å². The number of aromatic hydroxyl groups is 2. The Kier molecular flexibility index (Phi) is 4.39. The maximum atomic E-state index is 9.33. The molecule has 5 heteroatoms. The van der Waals surface area contributed by atoms with Crippen LogP contribution in [0.3, 0.4) is 0 Å². The smallest absolute Gasteiger partial charge is 0.132 e. The van der Waals surface area contributed by atoms with Gasteiger partial charge in [-0.2, -0.15) is 0 Å². The largest absolute Gasteiger partial charge is 0.508 e. The lowest BCUT2D eigenvalue weighted by Crippen LogP contribution is -1.78. The minimum absolute atomic E-state index is 0.223. The van der Waals surface area contributed by atoms with Gasteiger partial charge >= 0.3 is 0 Å². The van der Waals surface area contributed by atoms with Crippen LogP contribution in [0.1, 0.15) is 0 Å². The lowest BCUT2D eigenvalue weighted by Gasteiger charge is -2.00. The van der Waals surface area contributed by atoms with E-state index in [1.165, 1.54) is 0 Å². The third-order valence-corrected chi connectivity index (χ3v) is 4.06. The van der Waals surface area contributed by atoms with Crippen LogP contribution in [0.25, 0.3) is 21.8 Å². The highest BCUT2D eigenvalue weighted by atomic mass is 79.9. The molecule has 0 aliphatic rings. The summed E-state index contributed by atoms with van der Waals surface area (Å²) in [6.07, 6.45) is 3.41. The Hall–Kier alpha value is -2.66. The molecule has 0 fully saturated rings. The Labute approximate surface area is 141 Å². The van der Waals surface area contributed by atoms with Gasteiger partial charge in [0.15, 0.2) is 0 Å². The summed E-state index contributed by atoms with van der Waals surface area (Å²) in [5, 5.41) is 20.5. The molecule has 0 saturated carbocycles. The van der Waals surface area contributed by atoms with Gasteiger partial charge in [0.1, 0.15) is 11.5 Å². The second-order valence-corrected chi connectivity index (χ2v) is 5.65. The van der Waals surface area contributed by atoms with E-state index < -0.39 is 0 Å². The fourth-order valence-electron chi connectivity index (χ4n) is 2.15. The number of halogens is 1. The summed E-state index contributed by atoms with van der Waals surface area (Å²) in [6, 6.07) is 16.3. The number of hydrogen-bond donors (Lipinski definition) is 2. The minimum Gasteiger partial charge on any atom is -0.508 e. The van der Waals surface area contributed by atoms with Crippen molar-refractivity contribution >= 4 is 37.7 Å². The summed E-state index contributed by atoms with van der Waals surface area (Å²) in [6.45, 7) is 0. The van der Waals surface area contributed by atoms with Gasteiger partial charge in [-0.1, -0.05) is 12.1 Å². The molecule has 0 amide bonds. The van der Waals surface area contributed by atoms with E-state index >= 15 is 0 Å². The van der Waals surface area contributed by atoms with Gasteiger partial charge in [0.05, 0.1) is 15.5 Å². The van der Waals surface area contributed by atoms with Crippen LogP contribution in [0.4, 0.5) is 0 Å². The van der Waals surface area contributed by atoms with E-state index in [4.69, 9.17) is 5.11 Å². The van der Waals surface area contributed by atoms with Crippen molar-refractivity contribution in [1.82, 2.24) is 9.97 Å². The van der Waals surface area contributed by atoms with Gasteiger partial charge in [-0.25, -0.2) is 0 Å². The molecule has 4 nitrogen and oxygen atoms in total. The average molecular weight is 369 g/mol. The standard InChI is InChI=1S/C9H6BrNO.C9H7NO/c10-8-7(12)4-3-6-2-1-5-11-9(6)8;11-8-4-3-7-2-1-5-10-9(7)6-8/h1-5,12H;1-6,11H. The van der Waals surface area contributed by atoms with E-state index in [-0.39, 0.29) is 11.5 Å². The molecule has 2 N–H and O–H groups in total. The molecule has 2 heterocycles. The highest BCUT2D eigenvalue weighted by Crippen LogP contribution is 2.30. The van der Waals surface area contributed by atoms with Crippen LogP contribution < -0.4 is 0 Å². The van der Waals surface area contributed by atoms with Crippen molar-refractivity contribution in [2.75, 3.05) is 0 Å². The summed E-state index contributed by atoms with van der Waals surface area (Å²) >= 11 is 3.27. The lowest BCUT2D eigenvalue weighted by atomic mass is 10.2. The van der Waals surface area contributed by atoms with Crippen molar-refractivity contribution in [2.45, 2.75) is 0 Å². The van der Waals surface area contributed by atoms with Crippen LogP contribution in [0.5, 0.6) is 11.5 Å². The van der Waals surface area contributed by atoms with Crippen LogP contribution >= 0.6 is 15.9 Å². The molecule has 23 heavy (non-hydrogen) atoms. The van der Waals surface area contributed by atoms with Crippen LogP contribution in [-0.2, 0) is 0 Å². The van der Waals surface area contributed by atoms with Gasteiger partial charge in [-0.05, 0) is 52.3 Å².